The van der Waals surface area contributed by atoms with Crippen LogP contribution in [-0.2, 0) is 0 Å². The van der Waals surface area contributed by atoms with Gasteiger partial charge in [-0.15, -0.1) is 0 Å². The van der Waals surface area contributed by atoms with Gasteiger partial charge in [0, 0.05) is 0 Å². The van der Waals surface area contributed by atoms with Crippen LogP contribution in [0.2, 0.25) is 0 Å². The summed E-state index contributed by atoms with van der Waals surface area (Å²) in [5.74, 6) is -2.11. The largest absolute Gasteiger partial charge is 0.490 e. The molecule has 0 aromatic heterocycles. The molecule has 1 aromatic rings. The summed E-state index contributed by atoms with van der Waals surface area (Å²) in [6.07, 6.45) is 1.75. The Kier molecular flexibility index (Phi) is 5.58. The van der Waals surface area contributed by atoms with E-state index in [0.29, 0.717) is 13.2 Å². The van der Waals surface area contributed by atoms with E-state index < -0.39 is 11.6 Å². The van der Waals surface area contributed by atoms with Gasteiger partial charge in [0.2, 0.25) is 11.6 Å². The minimum atomic E-state index is -0.988. The summed E-state index contributed by atoms with van der Waals surface area (Å²) in [5, 5.41) is 0. The first-order valence-electron chi connectivity index (χ1n) is 6.58. The lowest BCUT2D eigenvalue weighted by Crippen LogP contribution is -2.17. The predicted octanol–water partition coefficient (Wildman–Crippen LogP) is 4.57. The first-order chi connectivity index (χ1) is 8.85. The van der Waals surface area contributed by atoms with Crippen molar-refractivity contribution in [2.45, 2.75) is 40.5 Å². The first-order valence-corrected chi connectivity index (χ1v) is 6.58. The Hall–Kier alpha value is -1.32. The van der Waals surface area contributed by atoms with Crippen LogP contribution in [0, 0.1) is 17.0 Å². The van der Waals surface area contributed by atoms with Crippen LogP contribution in [0.15, 0.2) is 12.1 Å². The zero-order valence-corrected chi connectivity index (χ0v) is 12.1. The molecule has 0 N–H and O–H groups in total. The number of ether oxygens (including phenoxy) is 2. The predicted molar refractivity (Wildman–Crippen MR) is 71.7 cm³/mol. The summed E-state index contributed by atoms with van der Waals surface area (Å²) in [4.78, 5) is 0. The smallest absolute Gasteiger partial charge is 0.204 e. The molecule has 0 aliphatic rings. The maximum atomic E-state index is 13.8. The molecule has 0 fully saturated rings. The Morgan fingerprint density at radius 2 is 1.53 bits per heavy atom. The highest BCUT2D eigenvalue weighted by atomic mass is 19.2. The Balaban J connectivity index is 2.74. The third-order valence-electron chi connectivity index (χ3n) is 2.43. The van der Waals surface area contributed by atoms with Crippen LogP contribution in [0.3, 0.4) is 0 Å². The molecule has 0 heterocycles. The van der Waals surface area contributed by atoms with Gasteiger partial charge in [-0.3, -0.25) is 0 Å². The minimum absolute atomic E-state index is 0.0611. The molecular formula is C15H22F2O2. The van der Waals surface area contributed by atoms with Crippen molar-refractivity contribution >= 4 is 0 Å². The molecule has 0 atom stereocenters. The van der Waals surface area contributed by atoms with Gasteiger partial charge in [-0.2, -0.15) is 8.78 Å². The summed E-state index contributed by atoms with van der Waals surface area (Å²) < 4.78 is 38.0. The molecule has 19 heavy (non-hydrogen) atoms. The zero-order chi connectivity index (χ0) is 14.5. The van der Waals surface area contributed by atoms with Crippen molar-refractivity contribution in [2.24, 2.45) is 5.41 Å². The molecule has 0 spiro atoms. The van der Waals surface area contributed by atoms with E-state index in [9.17, 15) is 8.78 Å². The molecule has 4 heteroatoms. The van der Waals surface area contributed by atoms with E-state index >= 15 is 0 Å². The number of benzene rings is 1. The van der Waals surface area contributed by atoms with Gasteiger partial charge < -0.3 is 9.47 Å². The molecule has 0 amide bonds. The van der Waals surface area contributed by atoms with E-state index in [1.807, 2.05) is 27.7 Å². The van der Waals surface area contributed by atoms with E-state index in [-0.39, 0.29) is 16.9 Å². The van der Waals surface area contributed by atoms with Crippen LogP contribution >= 0.6 is 0 Å². The fraction of sp³-hybridized carbons (Fsp3) is 0.600. The second-order valence-corrected chi connectivity index (χ2v) is 5.74. The van der Waals surface area contributed by atoms with Gasteiger partial charge in [0.1, 0.15) is 0 Å². The lowest BCUT2D eigenvalue weighted by atomic mass is 9.99. The monoisotopic (exact) mass is 272 g/mol. The lowest BCUT2D eigenvalue weighted by molar-refractivity contribution is 0.188. The summed E-state index contributed by atoms with van der Waals surface area (Å²) in [5.41, 5.74) is -0.112. The number of unbranched alkanes of at least 4 members (excludes halogenated alkanes) is 1. The van der Waals surface area contributed by atoms with Crippen molar-refractivity contribution in [3.8, 4) is 11.5 Å². The molecule has 0 unspecified atom stereocenters. The number of rotatable bonds is 6. The van der Waals surface area contributed by atoms with E-state index in [0.717, 1.165) is 12.8 Å². The van der Waals surface area contributed by atoms with E-state index in [2.05, 4.69) is 0 Å². The van der Waals surface area contributed by atoms with Crippen molar-refractivity contribution in [3.05, 3.63) is 23.8 Å². The Morgan fingerprint density at radius 3 is 2.00 bits per heavy atom. The summed E-state index contributed by atoms with van der Waals surface area (Å²) in [6.45, 7) is 8.59. The molecule has 0 saturated heterocycles. The van der Waals surface area contributed by atoms with E-state index in [1.165, 1.54) is 12.1 Å². The average molecular weight is 272 g/mol. The summed E-state index contributed by atoms with van der Waals surface area (Å²) in [7, 11) is 0. The van der Waals surface area contributed by atoms with Gasteiger partial charge in [-0.1, -0.05) is 34.1 Å². The van der Waals surface area contributed by atoms with Crippen LogP contribution in [0.1, 0.15) is 40.5 Å². The lowest BCUT2D eigenvalue weighted by Gasteiger charge is -2.19. The summed E-state index contributed by atoms with van der Waals surface area (Å²) in [6, 6.07) is 2.82. The standard InChI is InChI=1S/C15H22F2O2/c1-5-6-9-18-11-7-8-12(14(17)13(11)16)19-10-15(2,3)4/h7-8H,5-6,9-10H2,1-4H3. The SMILES string of the molecule is CCCCOc1ccc(OCC(C)(C)C)c(F)c1F. The molecule has 2 nitrogen and oxygen atoms in total. The van der Waals surface area contributed by atoms with Crippen LogP contribution in [0.5, 0.6) is 11.5 Å². The van der Waals surface area contributed by atoms with Crippen molar-refractivity contribution in [3.63, 3.8) is 0 Å². The average Bonchev–Trinajstić information content (AvgIpc) is 2.32. The van der Waals surface area contributed by atoms with Crippen LogP contribution in [-0.4, -0.2) is 13.2 Å². The molecule has 1 rings (SSSR count). The van der Waals surface area contributed by atoms with Crippen molar-refractivity contribution in [1.29, 1.82) is 0 Å². The van der Waals surface area contributed by atoms with Gasteiger partial charge in [-0.25, -0.2) is 0 Å². The fourth-order valence-electron chi connectivity index (χ4n) is 1.36. The second kappa shape index (κ2) is 6.73. The van der Waals surface area contributed by atoms with E-state index in [1.54, 1.807) is 0 Å². The van der Waals surface area contributed by atoms with Crippen LogP contribution in [0.25, 0.3) is 0 Å². The number of hydrogen-bond donors (Lipinski definition) is 0. The first kappa shape index (κ1) is 15.7. The molecule has 1 aromatic carbocycles. The number of halogens is 2. The van der Waals surface area contributed by atoms with Crippen LogP contribution in [0.4, 0.5) is 8.78 Å². The molecule has 0 bridgehead atoms. The molecule has 0 saturated carbocycles. The second-order valence-electron chi connectivity index (χ2n) is 5.74. The fourth-order valence-corrected chi connectivity index (χ4v) is 1.36. The molecule has 108 valence electrons. The minimum Gasteiger partial charge on any atom is -0.490 e. The Bertz CT molecular complexity index is 411. The molecular weight excluding hydrogens is 250 g/mol. The Morgan fingerprint density at radius 1 is 1.00 bits per heavy atom. The quantitative estimate of drug-likeness (QED) is 0.706. The zero-order valence-electron chi connectivity index (χ0n) is 12.1. The normalized spacial score (nSPS) is 11.5. The Labute approximate surface area is 113 Å². The van der Waals surface area contributed by atoms with Gasteiger partial charge >= 0.3 is 0 Å². The van der Waals surface area contributed by atoms with Crippen molar-refractivity contribution in [1.82, 2.24) is 0 Å². The molecule has 0 aliphatic heterocycles. The maximum Gasteiger partial charge on any atom is 0.204 e. The molecule has 0 aliphatic carbocycles. The third-order valence-corrected chi connectivity index (χ3v) is 2.43. The highest BCUT2D eigenvalue weighted by molar-refractivity contribution is 5.35. The van der Waals surface area contributed by atoms with Crippen molar-refractivity contribution in [2.75, 3.05) is 13.2 Å². The topological polar surface area (TPSA) is 18.5 Å². The maximum absolute atomic E-state index is 13.8. The van der Waals surface area contributed by atoms with Crippen LogP contribution < -0.4 is 9.47 Å². The van der Waals surface area contributed by atoms with E-state index in [4.69, 9.17) is 9.47 Å². The highest BCUT2D eigenvalue weighted by Crippen LogP contribution is 2.28. The molecule has 0 radical (unpaired) electrons. The highest BCUT2D eigenvalue weighted by Gasteiger charge is 2.18. The van der Waals surface area contributed by atoms with Gasteiger partial charge in [0.25, 0.3) is 0 Å². The summed E-state index contributed by atoms with van der Waals surface area (Å²) >= 11 is 0. The van der Waals surface area contributed by atoms with Gasteiger partial charge in [-0.05, 0) is 24.0 Å². The van der Waals surface area contributed by atoms with Gasteiger partial charge in [0.05, 0.1) is 13.2 Å². The number of hydrogen-bond acceptors (Lipinski definition) is 2. The van der Waals surface area contributed by atoms with Crippen molar-refractivity contribution < 1.29 is 18.3 Å². The third kappa shape index (κ3) is 5.05. The van der Waals surface area contributed by atoms with Gasteiger partial charge in [0.15, 0.2) is 11.5 Å².